The van der Waals surface area contributed by atoms with Crippen LogP contribution in [0.2, 0.25) is 0 Å². The maximum absolute atomic E-state index is 9.57. The van der Waals surface area contributed by atoms with Crippen molar-refractivity contribution < 1.29 is 5.11 Å². The normalized spacial score (nSPS) is 22.8. The molecule has 0 spiro atoms. The average molecular weight is 280 g/mol. The number of hydrogen-bond donors (Lipinski definition) is 2. The van der Waals surface area contributed by atoms with Crippen molar-refractivity contribution in [2.75, 3.05) is 18.1 Å². The van der Waals surface area contributed by atoms with E-state index in [-0.39, 0.29) is 12.6 Å². The number of aryl methyl sites for hydroxylation is 1. The molecule has 19 heavy (non-hydrogen) atoms. The third kappa shape index (κ3) is 2.42. The van der Waals surface area contributed by atoms with Gasteiger partial charge in [0.2, 0.25) is 0 Å². The zero-order valence-electron chi connectivity index (χ0n) is 11.6. The van der Waals surface area contributed by atoms with Crippen molar-refractivity contribution in [2.45, 2.75) is 33.2 Å². The lowest BCUT2D eigenvalue weighted by Gasteiger charge is -2.28. The van der Waals surface area contributed by atoms with Crippen LogP contribution in [0.25, 0.3) is 0 Å². The Kier molecular flexibility index (Phi) is 4.01. The van der Waals surface area contributed by atoms with Gasteiger partial charge in [-0.25, -0.2) is 0 Å². The molecule has 1 aromatic heterocycles. The fourth-order valence-electron chi connectivity index (χ4n) is 2.64. The number of hydrogen-bond acceptors (Lipinski definition) is 5. The quantitative estimate of drug-likeness (QED) is 0.803. The summed E-state index contributed by atoms with van der Waals surface area (Å²) in [6.07, 6.45) is 1.02. The largest absolute Gasteiger partial charge is 0.394 e. The van der Waals surface area contributed by atoms with Crippen LogP contribution in [0.4, 0.5) is 5.82 Å². The number of rotatable bonds is 3. The minimum Gasteiger partial charge on any atom is -0.394 e. The summed E-state index contributed by atoms with van der Waals surface area (Å²) in [4.78, 5) is 2.42. The summed E-state index contributed by atoms with van der Waals surface area (Å²) in [6, 6.07) is 0.0597. The molecule has 1 saturated heterocycles. The first-order valence-electron chi connectivity index (χ1n) is 6.48. The Labute approximate surface area is 118 Å². The maximum atomic E-state index is 9.57. The van der Waals surface area contributed by atoms with E-state index in [4.69, 9.17) is 18.0 Å². The predicted octanol–water partition coefficient (Wildman–Crippen LogP) is 0.935. The van der Waals surface area contributed by atoms with E-state index in [1.54, 1.807) is 0 Å². The molecular formula is C13H20N4OS. The minimum absolute atomic E-state index is 0.0597. The summed E-state index contributed by atoms with van der Waals surface area (Å²) in [7, 11) is 0. The lowest BCUT2D eigenvalue weighted by Crippen LogP contribution is -2.37. The Morgan fingerprint density at radius 2 is 2.16 bits per heavy atom. The van der Waals surface area contributed by atoms with Gasteiger partial charge < -0.3 is 15.7 Å². The monoisotopic (exact) mass is 280 g/mol. The fourth-order valence-corrected chi connectivity index (χ4v) is 2.89. The van der Waals surface area contributed by atoms with E-state index in [1.165, 1.54) is 0 Å². The number of thiocarbonyl (C=S) groups is 1. The Hall–Kier alpha value is -1.27. The number of anilines is 1. The number of aromatic nitrogens is 2. The third-order valence-electron chi connectivity index (χ3n) is 4.02. The SMILES string of the molecule is Cc1nnc(N2CCC(C)C2CO)c(C(N)=S)c1C. The van der Waals surface area contributed by atoms with E-state index < -0.39 is 0 Å². The standard InChI is InChI=1S/C13H20N4OS/c1-7-4-5-17(10(7)6-18)13-11(12(14)19)8(2)9(3)15-16-13/h7,10,18H,4-6H2,1-3H3,(H2,14,19). The van der Waals surface area contributed by atoms with Gasteiger partial charge in [0.15, 0.2) is 5.82 Å². The van der Waals surface area contributed by atoms with Gasteiger partial charge in [-0.2, -0.15) is 5.10 Å². The molecule has 0 saturated carbocycles. The van der Waals surface area contributed by atoms with E-state index in [1.807, 2.05) is 13.8 Å². The highest BCUT2D eigenvalue weighted by Gasteiger charge is 2.33. The van der Waals surface area contributed by atoms with Gasteiger partial charge in [0, 0.05) is 6.54 Å². The van der Waals surface area contributed by atoms with Crippen molar-refractivity contribution in [3.63, 3.8) is 0 Å². The van der Waals surface area contributed by atoms with Crippen LogP contribution < -0.4 is 10.6 Å². The average Bonchev–Trinajstić information content (AvgIpc) is 2.73. The summed E-state index contributed by atoms with van der Waals surface area (Å²) in [5.74, 6) is 1.13. The molecule has 6 heteroatoms. The van der Waals surface area contributed by atoms with Crippen molar-refractivity contribution in [1.82, 2.24) is 10.2 Å². The second kappa shape index (κ2) is 5.38. The van der Waals surface area contributed by atoms with Crippen LogP contribution in [0.15, 0.2) is 0 Å². The zero-order valence-corrected chi connectivity index (χ0v) is 12.4. The first-order valence-corrected chi connectivity index (χ1v) is 6.89. The molecule has 1 aromatic rings. The van der Waals surface area contributed by atoms with Gasteiger partial charge in [-0.15, -0.1) is 5.10 Å². The molecule has 2 atom stereocenters. The molecule has 5 nitrogen and oxygen atoms in total. The van der Waals surface area contributed by atoms with Gasteiger partial charge in [-0.05, 0) is 31.7 Å². The van der Waals surface area contributed by atoms with Crippen LogP contribution >= 0.6 is 12.2 Å². The first kappa shape index (κ1) is 14.1. The van der Waals surface area contributed by atoms with E-state index in [0.717, 1.165) is 29.8 Å². The molecule has 0 amide bonds. The number of nitrogens with zero attached hydrogens (tertiary/aromatic N) is 3. The Morgan fingerprint density at radius 1 is 1.47 bits per heavy atom. The van der Waals surface area contributed by atoms with Crippen LogP contribution in [-0.2, 0) is 0 Å². The zero-order chi connectivity index (χ0) is 14.2. The van der Waals surface area contributed by atoms with Gasteiger partial charge in [0.05, 0.1) is 23.9 Å². The summed E-state index contributed by atoms with van der Waals surface area (Å²) >= 11 is 5.16. The van der Waals surface area contributed by atoms with E-state index in [0.29, 0.717) is 16.7 Å². The smallest absolute Gasteiger partial charge is 0.162 e. The van der Waals surface area contributed by atoms with Gasteiger partial charge in [0.25, 0.3) is 0 Å². The summed E-state index contributed by atoms with van der Waals surface area (Å²) in [6.45, 7) is 6.93. The van der Waals surface area contributed by atoms with Crippen molar-refractivity contribution in [3.05, 3.63) is 16.8 Å². The second-order valence-electron chi connectivity index (χ2n) is 5.18. The Morgan fingerprint density at radius 3 is 2.74 bits per heavy atom. The summed E-state index contributed by atoms with van der Waals surface area (Å²) in [5, 5.41) is 18.0. The third-order valence-corrected chi connectivity index (χ3v) is 4.23. The Balaban J connectivity index is 2.51. The second-order valence-corrected chi connectivity index (χ2v) is 5.62. The number of aliphatic hydroxyl groups is 1. The van der Waals surface area contributed by atoms with E-state index in [9.17, 15) is 5.11 Å². The molecule has 2 unspecified atom stereocenters. The molecule has 0 bridgehead atoms. The molecule has 2 rings (SSSR count). The molecule has 1 fully saturated rings. The Bertz CT molecular complexity index is 506. The van der Waals surface area contributed by atoms with Crippen molar-refractivity contribution in [2.24, 2.45) is 11.7 Å². The van der Waals surface area contributed by atoms with Crippen LogP contribution in [0.1, 0.15) is 30.2 Å². The van der Waals surface area contributed by atoms with Crippen LogP contribution in [-0.4, -0.2) is 39.5 Å². The highest BCUT2D eigenvalue weighted by atomic mass is 32.1. The number of nitrogens with two attached hydrogens (primary N) is 1. The fraction of sp³-hybridized carbons (Fsp3) is 0.615. The maximum Gasteiger partial charge on any atom is 0.162 e. The van der Waals surface area contributed by atoms with Gasteiger partial charge in [-0.3, -0.25) is 0 Å². The van der Waals surface area contributed by atoms with Crippen LogP contribution in [0, 0.1) is 19.8 Å². The molecule has 0 aromatic carbocycles. The summed E-state index contributed by atoms with van der Waals surface area (Å²) in [5.41, 5.74) is 8.43. The molecular weight excluding hydrogens is 260 g/mol. The van der Waals surface area contributed by atoms with Crippen LogP contribution in [0.5, 0.6) is 0 Å². The van der Waals surface area contributed by atoms with E-state index in [2.05, 4.69) is 22.0 Å². The minimum atomic E-state index is 0.0597. The van der Waals surface area contributed by atoms with Gasteiger partial charge in [0.1, 0.15) is 4.99 Å². The van der Waals surface area contributed by atoms with Crippen LogP contribution in [0.3, 0.4) is 0 Å². The molecule has 0 radical (unpaired) electrons. The molecule has 104 valence electrons. The van der Waals surface area contributed by atoms with Crippen molar-refractivity contribution in [3.8, 4) is 0 Å². The molecule has 2 heterocycles. The van der Waals surface area contributed by atoms with E-state index >= 15 is 0 Å². The molecule has 1 aliphatic heterocycles. The number of aliphatic hydroxyl groups excluding tert-OH is 1. The molecule has 1 aliphatic rings. The molecule has 3 N–H and O–H groups in total. The highest BCUT2D eigenvalue weighted by Crippen LogP contribution is 2.31. The highest BCUT2D eigenvalue weighted by molar-refractivity contribution is 7.80. The molecule has 0 aliphatic carbocycles. The lowest BCUT2D eigenvalue weighted by atomic mass is 10.0. The van der Waals surface area contributed by atoms with Gasteiger partial charge in [-0.1, -0.05) is 19.1 Å². The summed E-state index contributed by atoms with van der Waals surface area (Å²) < 4.78 is 0. The van der Waals surface area contributed by atoms with Crippen molar-refractivity contribution in [1.29, 1.82) is 0 Å². The predicted molar refractivity (Wildman–Crippen MR) is 79.4 cm³/mol. The topological polar surface area (TPSA) is 75.3 Å². The van der Waals surface area contributed by atoms with Crippen molar-refractivity contribution >= 4 is 23.0 Å². The lowest BCUT2D eigenvalue weighted by molar-refractivity contribution is 0.244. The first-order chi connectivity index (χ1) is 8.97. The van der Waals surface area contributed by atoms with Gasteiger partial charge >= 0.3 is 0 Å².